The van der Waals surface area contributed by atoms with Crippen LogP contribution >= 0.6 is 0 Å². The number of fused-ring (bicyclic) bond motifs is 1. The Balaban J connectivity index is 2.34. The Labute approximate surface area is 89.3 Å². The number of aromatic nitrogens is 1. The van der Waals surface area contributed by atoms with E-state index < -0.39 is 0 Å². The molecule has 15 heavy (non-hydrogen) atoms. The van der Waals surface area contributed by atoms with Crippen molar-refractivity contribution >= 4 is 11.1 Å². The molecule has 1 aromatic heterocycles. The zero-order valence-electron chi connectivity index (χ0n) is 8.99. The Morgan fingerprint density at radius 1 is 1.33 bits per heavy atom. The molecule has 0 fully saturated rings. The van der Waals surface area contributed by atoms with E-state index in [0.717, 1.165) is 36.3 Å². The van der Waals surface area contributed by atoms with Gasteiger partial charge >= 0.3 is 0 Å². The Kier molecular flexibility index (Phi) is 3.02. The van der Waals surface area contributed by atoms with E-state index in [9.17, 15) is 0 Å². The minimum atomic E-state index is 0.672. The molecule has 3 nitrogen and oxygen atoms in total. The monoisotopic (exact) mass is 204 g/mol. The van der Waals surface area contributed by atoms with E-state index in [1.54, 1.807) is 0 Å². The van der Waals surface area contributed by atoms with Crippen molar-refractivity contribution < 1.29 is 4.42 Å². The van der Waals surface area contributed by atoms with Crippen LogP contribution in [0.25, 0.3) is 11.1 Å². The first-order chi connectivity index (χ1) is 7.33. The van der Waals surface area contributed by atoms with Crippen molar-refractivity contribution in [2.24, 2.45) is 5.73 Å². The van der Waals surface area contributed by atoms with Gasteiger partial charge < -0.3 is 10.2 Å². The molecule has 80 valence electrons. The van der Waals surface area contributed by atoms with Crippen LogP contribution in [0.3, 0.4) is 0 Å². The summed E-state index contributed by atoms with van der Waals surface area (Å²) in [5.74, 6) is 0.831. The molecule has 2 N–H and O–H groups in total. The van der Waals surface area contributed by atoms with Crippen molar-refractivity contribution in [3.8, 4) is 0 Å². The van der Waals surface area contributed by atoms with E-state index >= 15 is 0 Å². The van der Waals surface area contributed by atoms with Crippen LogP contribution in [0.1, 0.15) is 24.8 Å². The summed E-state index contributed by atoms with van der Waals surface area (Å²) in [7, 11) is 0. The molecule has 0 unspecified atom stereocenters. The fraction of sp³-hybridized carbons (Fsp3) is 0.417. The fourth-order valence-electron chi connectivity index (χ4n) is 1.66. The van der Waals surface area contributed by atoms with Crippen LogP contribution in [-0.2, 0) is 12.8 Å². The highest BCUT2D eigenvalue weighted by Crippen LogP contribution is 2.18. The van der Waals surface area contributed by atoms with Gasteiger partial charge in [-0.2, -0.15) is 0 Å². The van der Waals surface area contributed by atoms with Gasteiger partial charge in [0.2, 0.25) is 0 Å². The summed E-state index contributed by atoms with van der Waals surface area (Å²) >= 11 is 0. The second-order valence-electron chi connectivity index (χ2n) is 3.70. The van der Waals surface area contributed by atoms with Gasteiger partial charge in [-0.1, -0.05) is 13.0 Å². The maximum absolute atomic E-state index is 5.60. The van der Waals surface area contributed by atoms with Crippen LogP contribution in [0, 0.1) is 0 Å². The van der Waals surface area contributed by atoms with Crippen molar-refractivity contribution in [1.82, 2.24) is 4.98 Å². The summed E-state index contributed by atoms with van der Waals surface area (Å²) in [4.78, 5) is 4.44. The predicted octanol–water partition coefficient (Wildman–Crippen LogP) is 2.28. The second kappa shape index (κ2) is 4.45. The molecular formula is C12H16N2O. The van der Waals surface area contributed by atoms with Crippen molar-refractivity contribution in [2.45, 2.75) is 26.2 Å². The average molecular weight is 204 g/mol. The molecule has 0 radical (unpaired) electrons. The molecule has 0 aliphatic heterocycles. The lowest BCUT2D eigenvalue weighted by Crippen LogP contribution is -2.02. The van der Waals surface area contributed by atoms with Gasteiger partial charge in [-0.3, -0.25) is 0 Å². The van der Waals surface area contributed by atoms with Gasteiger partial charge in [0.25, 0.3) is 0 Å². The van der Waals surface area contributed by atoms with Crippen LogP contribution in [0.15, 0.2) is 22.6 Å². The average Bonchev–Trinajstić information content (AvgIpc) is 2.60. The maximum atomic E-state index is 5.60. The van der Waals surface area contributed by atoms with Crippen LogP contribution in [-0.4, -0.2) is 11.5 Å². The first kappa shape index (κ1) is 10.2. The number of benzene rings is 1. The molecule has 0 amide bonds. The van der Waals surface area contributed by atoms with Crippen molar-refractivity contribution in [2.75, 3.05) is 6.54 Å². The SMILES string of the molecule is CCCc1nc2cc(CCN)ccc2o1. The first-order valence-corrected chi connectivity index (χ1v) is 5.42. The summed E-state index contributed by atoms with van der Waals surface area (Å²) in [5, 5.41) is 0. The van der Waals surface area contributed by atoms with Gasteiger partial charge in [0.15, 0.2) is 11.5 Å². The van der Waals surface area contributed by atoms with Crippen LogP contribution < -0.4 is 5.73 Å². The van der Waals surface area contributed by atoms with E-state index in [0.29, 0.717) is 6.54 Å². The van der Waals surface area contributed by atoms with E-state index in [4.69, 9.17) is 10.2 Å². The van der Waals surface area contributed by atoms with E-state index in [1.165, 1.54) is 5.56 Å². The number of oxazole rings is 1. The quantitative estimate of drug-likeness (QED) is 0.831. The molecule has 0 aliphatic rings. The van der Waals surface area contributed by atoms with Gasteiger partial charge in [-0.25, -0.2) is 4.98 Å². The lowest BCUT2D eigenvalue weighted by atomic mass is 10.1. The highest BCUT2D eigenvalue weighted by molar-refractivity contribution is 5.73. The molecule has 0 saturated carbocycles. The minimum Gasteiger partial charge on any atom is -0.441 e. The van der Waals surface area contributed by atoms with Gasteiger partial charge in [0, 0.05) is 6.42 Å². The molecule has 2 rings (SSSR count). The lowest BCUT2D eigenvalue weighted by Gasteiger charge is -1.95. The topological polar surface area (TPSA) is 52.0 Å². The number of hydrogen-bond acceptors (Lipinski definition) is 3. The molecule has 2 aromatic rings. The summed E-state index contributed by atoms with van der Waals surface area (Å²) in [6.07, 6.45) is 2.86. The van der Waals surface area contributed by atoms with E-state index in [2.05, 4.69) is 24.0 Å². The molecule has 1 heterocycles. The molecule has 0 spiro atoms. The highest BCUT2D eigenvalue weighted by Gasteiger charge is 2.05. The molecule has 1 aromatic carbocycles. The second-order valence-corrected chi connectivity index (χ2v) is 3.70. The Morgan fingerprint density at radius 3 is 2.93 bits per heavy atom. The Bertz CT molecular complexity index is 444. The summed E-state index contributed by atoms with van der Waals surface area (Å²) in [6, 6.07) is 6.09. The molecule has 0 bridgehead atoms. The predicted molar refractivity (Wildman–Crippen MR) is 60.8 cm³/mol. The fourth-order valence-corrected chi connectivity index (χ4v) is 1.66. The number of hydrogen-bond donors (Lipinski definition) is 1. The van der Waals surface area contributed by atoms with Crippen LogP contribution in [0.4, 0.5) is 0 Å². The normalized spacial score (nSPS) is 11.1. The zero-order valence-corrected chi connectivity index (χ0v) is 8.99. The molecule has 0 saturated heterocycles. The van der Waals surface area contributed by atoms with Gasteiger partial charge in [0.05, 0.1) is 0 Å². The first-order valence-electron chi connectivity index (χ1n) is 5.42. The van der Waals surface area contributed by atoms with Gasteiger partial charge in [0.1, 0.15) is 5.52 Å². The smallest absolute Gasteiger partial charge is 0.195 e. The Morgan fingerprint density at radius 2 is 2.20 bits per heavy atom. The number of nitrogens with zero attached hydrogens (tertiary/aromatic N) is 1. The largest absolute Gasteiger partial charge is 0.441 e. The van der Waals surface area contributed by atoms with Crippen LogP contribution in [0.2, 0.25) is 0 Å². The van der Waals surface area contributed by atoms with Crippen molar-refractivity contribution in [3.05, 3.63) is 29.7 Å². The zero-order chi connectivity index (χ0) is 10.7. The summed E-state index contributed by atoms with van der Waals surface area (Å²) in [5.41, 5.74) is 8.56. The van der Waals surface area contributed by atoms with Gasteiger partial charge in [-0.15, -0.1) is 0 Å². The minimum absolute atomic E-state index is 0.672. The van der Waals surface area contributed by atoms with Crippen molar-refractivity contribution in [3.63, 3.8) is 0 Å². The number of aryl methyl sites for hydroxylation is 1. The molecule has 0 atom stereocenters. The third-order valence-corrected chi connectivity index (χ3v) is 2.39. The van der Waals surface area contributed by atoms with Crippen molar-refractivity contribution in [1.29, 1.82) is 0 Å². The number of rotatable bonds is 4. The third-order valence-electron chi connectivity index (χ3n) is 2.39. The summed E-state index contributed by atoms with van der Waals surface area (Å²) in [6.45, 7) is 2.79. The lowest BCUT2D eigenvalue weighted by molar-refractivity contribution is 0.525. The van der Waals surface area contributed by atoms with Crippen LogP contribution in [0.5, 0.6) is 0 Å². The maximum Gasteiger partial charge on any atom is 0.195 e. The Hall–Kier alpha value is -1.35. The molecular weight excluding hydrogens is 188 g/mol. The molecule has 3 heteroatoms. The highest BCUT2D eigenvalue weighted by atomic mass is 16.3. The standard InChI is InChI=1S/C12H16N2O/c1-2-3-12-14-10-8-9(6-7-13)4-5-11(10)15-12/h4-5,8H,2-3,6-7,13H2,1H3. The molecule has 0 aliphatic carbocycles. The van der Waals surface area contributed by atoms with E-state index in [1.807, 2.05) is 6.07 Å². The van der Waals surface area contributed by atoms with Gasteiger partial charge in [-0.05, 0) is 37.1 Å². The number of nitrogens with two attached hydrogens (primary N) is 1. The summed E-state index contributed by atoms with van der Waals surface area (Å²) < 4.78 is 5.60. The third kappa shape index (κ3) is 2.18. The van der Waals surface area contributed by atoms with E-state index in [-0.39, 0.29) is 0 Å².